The van der Waals surface area contributed by atoms with Crippen LogP contribution in [-0.4, -0.2) is 4.98 Å². The molecule has 1 aromatic heterocycles. The summed E-state index contributed by atoms with van der Waals surface area (Å²) in [6.07, 6.45) is 3.66. The van der Waals surface area contributed by atoms with Gasteiger partial charge in [0.1, 0.15) is 18.2 Å². The van der Waals surface area contributed by atoms with E-state index in [1.807, 2.05) is 18.2 Å². The Hall–Kier alpha value is -2.10. The minimum atomic E-state index is -0.370. The maximum absolute atomic E-state index is 12.9. The first kappa shape index (κ1) is 12.4. The summed E-state index contributed by atoms with van der Waals surface area (Å²) in [6, 6.07) is 7.08. The second-order valence-electron chi connectivity index (χ2n) is 4.03. The van der Waals surface area contributed by atoms with Crippen LogP contribution >= 0.6 is 0 Å². The van der Waals surface area contributed by atoms with Crippen molar-refractivity contribution in [2.24, 2.45) is 0 Å². The quantitative estimate of drug-likeness (QED) is 0.844. The van der Waals surface area contributed by atoms with Crippen molar-refractivity contribution in [3.8, 4) is 5.75 Å². The second-order valence-corrected chi connectivity index (χ2v) is 4.03. The van der Waals surface area contributed by atoms with E-state index in [9.17, 15) is 4.39 Å². The summed E-state index contributed by atoms with van der Waals surface area (Å²) in [7, 11) is 0. The van der Waals surface area contributed by atoms with Gasteiger partial charge in [0.2, 0.25) is 0 Å². The lowest BCUT2D eigenvalue weighted by Gasteiger charge is -2.09. The van der Waals surface area contributed by atoms with Gasteiger partial charge in [-0.15, -0.1) is 0 Å². The summed E-state index contributed by atoms with van der Waals surface area (Å²) >= 11 is 0. The third-order valence-corrected chi connectivity index (χ3v) is 2.64. The molecule has 0 bridgehead atoms. The van der Waals surface area contributed by atoms with Gasteiger partial charge in [0.25, 0.3) is 0 Å². The third-order valence-electron chi connectivity index (χ3n) is 2.64. The number of aromatic nitrogens is 1. The van der Waals surface area contributed by atoms with Gasteiger partial charge in [-0.3, -0.25) is 4.98 Å². The number of rotatable bonds is 4. The van der Waals surface area contributed by atoms with Crippen molar-refractivity contribution in [2.45, 2.75) is 20.0 Å². The number of nitrogens with zero attached hydrogens (tertiary/aromatic N) is 1. The van der Waals surface area contributed by atoms with Crippen molar-refractivity contribution in [3.05, 3.63) is 53.6 Å². The average Bonchev–Trinajstić information content (AvgIpc) is 2.37. The Kier molecular flexibility index (Phi) is 3.77. The Morgan fingerprint density at radius 3 is 2.72 bits per heavy atom. The molecule has 0 aliphatic rings. The Morgan fingerprint density at radius 2 is 2.06 bits per heavy atom. The molecule has 0 radical (unpaired) electrons. The lowest BCUT2D eigenvalue weighted by Crippen LogP contribution is -2.00. The first-order chi connectivity index (χ1) is 8.69. The number of nitrogens with two attached hydrogens (primary N) is 1. The van der Waals surface area contributed by atoms with E-state index >= 15 is 0 Å². The fourth-order valence-corrected chi connectivity index (χ4v) is 1.65. The van der Waals surface area contributed by atoms with Crippen LogP contribution in [0.3, 0.4) is 0 Å². The number of pyridine rings is 1. The summed E-state index contributed by atoms with van der Waals surface area (Å²) in [5.41, 5.74) is 8.31. The maximum Gasteiger partial charge on any atom is 0.142 e. The maximum atomic E-state index is 12.9. The molecule has 4 heteroatoms. The summed E-state index contributed by atoms with van der Waals surface area (Å²) in [4.78, 5) is 3.76. The summed E-state index contributed by atoms with van der Waals surface area (Å²) < 4.78 is 18.5. The number of benzene rings is 1. The molecule has 0 unspecified atom stereocenters. The van der Waals surface area contributed by atoms with E-state index in [1.54, 1.807) is 6.20 Å². The molecule has 0 amide bonds. The van der Waals surface area contributed by atoms with E-state index in [4.69, 9.17) is 10.5 Å². The number of halogens is 1. The van der Waals surface area contributed by atoms with E-state index in [-0.39, 0.29) is 12.4 Å². The minimum absolute atomic E-state index is 0.250. The number of hydrogen-bond donors (Lipinski definition) is 1. The second kappa shape index (κ2) is 5.49. The topological polar surface area (TPSA) is 48.1 Å². The van der Waals surface area contributed by atoms with E-state index in [0.29, 0.717) is 17.0 Å². The number of hydrogen-bond acceptors (Lipinski definition) is 3. The van der Waals surface area contributed by atoms with Crippen LogP contribution in [0.1, 0.15) is 18.1 Å². The zero-order valence-corrected chi connectivity index (χ0v) is 10.2. The Balaban J connectivity index is 2.06. The lowest BCUT2D eigenvalue weighted by atomic mass is 10.1. The molecule has 1 aromatic carbocycles. The molecule has 18 heavy (non-hydrogen) atoms. The molecule has 2 N–H and O–H groups in total. The van der Waals surface area contributed by atoms with Gasteiger partial charge in [0.05, 0.1) is 11.9 Å². The molecule has 0 saturated carbocycles. The third kappa shape index (κ3) is 2.97. The highest BCUT2D eigenvalue weighted by atomic mass is 19.1. The van der Waals surface area contributed by atoms with Crippen LogP contribution in [0, 0.1) is 5.82 Å². The van der Waals surface area contributed by atoms with Gasteiger partial charge in [-0.2, -0.15) is 0 Å². The van der Waals surface area contributed by atoms with E-state index in [2.05, 4.69) is 11.9 Å². The first-order valence-corrected chi connectivity index (χ1v) is 5.79. The van der Waals surface area contributed by atoms with Gasteiger partial charge in [0.15, 0.2) is 0 Å². The van der Waals surface area contributed by atoms with Crippen molar-refractivity contribution >= 4 is 5.69 Å². The fraction of sp³-hybridized carbons (Fsp3) is 0.214. The molecular formula is C14H15FN2O. The number of ether oxygens (including phenoxy) is 1. The molecule has 0 aliphatic heterocycles. The van der Waals surface area contributed by atoms with E-state index in [0.717, 1.165) is 18.2 Å². The van der Waals surface area contributed by atoms with Gasteiger partial charge < -0.3 is 10.5 Å². The molecule has 2 aromatic rings. The molecule has 3 nitrogen and oxygen atoms in total. The minimum Gasteiger partial charge on any atom is -0.487 e. The predicted molar refractivity (Wildman–Crippen MR) is 68.8 cm³/mol. The van der Waals surface area contributed by atoms with Crippen molar-refractivity contribution in [3.63, 3.8) is 0 Å². The standard InChI is InChI=1S/C14H15FN2O/c1-2-10-3-4-14(13(16)6-10)18-9-11-5-12(15)8-17-7-11/h3-8H,2,9,16H2,1H3. The molecule has 2 rings (SSSR count). The molecule has 1 heterocycles. The van der Waals surface area contributed by atoms with Crippen LogP contribution in [0.4, 0.5) is 10.1 Å². The number of anilines is 1. The smallest absolute Gasteiger partial charge is 0.142 e. The molecule has 0 aliphatic carbocycles. The van der Waals surface area contributed by atoms with Crippen LogP contribution in [0.5, 0.6) is 5.75 Å². The fourth-order valence-electron chi connectivity index (χ4n) is 1.65. The van der Waals surface area contributed by atoms with Gasteiger partial charge in [-0.05, 0) is 30.2 Å². The molecule has 0 saturated heterocycles. The van der Waals surface area contributed by atoms with Gasteiger partial charge >= 0.3 is 0 Å². The molecule has 94 valence electrons. The van der Waals surface area contributed by atoms with Crippen molar-refractivity contribution < 1.29 is 9.13 Å². The highest BCUT2D eigenvalue weighted by Crippen LogP contribution is 2.23. The van der Waals surface area contributed by atoms with E-state index in [1.165, 1.54) is 6.07 Å². The van der Waals surface area contributed by atoms with Crippen LogP contribution < -0.4 is 10.5 Å². The average molecular weight is 246 g/mol. The molecule has 0 atom stereocenters. The van der Waals surface area contributed by atoms with E-state index < -0.39 is 0 Å². The molecular weight excluding hydrogens is 231 g/mol. The predicted octanol–water partition coefficient (Wildman–Crippen LogP) is 2.94. The van der Waals surface area contributed by atoms with Crippen molar-refractivity contribution in [2.75, 3.05) is 5.73 Å². The van der Waals surface area contributed by atoms with Crippen LogP contribution in [0.2, 0.25) is 0 Å². The summed E-state index contributed by atoms with van der Waals surface area (Å²) in [6.45, 7) is 2.31. The number of nitrogen functional groups attached to an aromatic ring is 1. The Bertz CT molecular complexity index is 543. The van der Waals surface area contributed by atoms with Gasteiger partial charge in [-0.1, -0.05) is 13.0 Å². The van der Waals surface area contributed by atoms with Gasteiger partial charge in [0, 0.05) is 11.8 Å². The zero-order chi connectivity index (χ0) is 13.0. The molecule has 0 fully saturated rings. The molecule has 0 spiro atoms. The Labute approximate surface area is 105 Å². The number of aryl methyl sites for hydroxylation is 1. The monoisotopic (exact) mass is 246 g/mol. The Morgan fingerprint density at radius 1 is 1.22 bits per heavy atom. The van der Waals surface area contributed by atoms with Crippen LogP contribution in [0.15, 0.2) is 36.7 Å². The van der Waals surface area contributed by atoms with Crippen LogP contribution in [-0.2, 0) is 13.0 Å². The van der Waals surface area contributed by atoms with Crippen molar-refractivity contribution in [1.29, 1.82) is 0 Å². The highest BCUT2D eigenvalue weighted by Gasteiger charge is 2.03. The van der Waals surface area contributed by atoms with Crippen molar-refractivity contribution in [1.82, 2.24) is 4.98 Å². The normalized spacial score (nSPS) is 10.3. The lowest BCUT2D eigenvalue weighted by molar-refractivity contribution is 0.306. The zero-order valence-electron chi connectivity index (χ0n) is 10.2. The van der Waals surface area contributed by atoms with Crippen LogP contribution in [0.25, 0.3) is 0 Å². The van der Waals surface area contributed by atoms with Gasteiger partial charge in [-0.25, -0.2) is 4.39 Å². The highest BCUT2D eigenvalue weighted by molar-refractivity contribution is 5.54. The largest absolute Gasteiger partial charge is 0.487 e. The first-order valence-electron chi connectivity index (χ1n) is 5.79. The summed E-state index contributed by atoms with van der Waals surface area (Å²) in [5.74, 6) is 0.238. The SMILES string of the molecule is CCc1ccc(OCc2cncc(F)c2)c(N)c1. The summed E-state index contributed by atoms with van der Waals surface area (Å²) in [5, 5.41) is 0.